The Balaban J connectivity index is 2.31. The molecule has 0 aliphatic rings. The van der Waals surface area contributed by atoms with Crippen LogP contribution in [0.3, 0.4) is 0 Å². The Labute approximate surface area is 117 Å². The molecule has 1 aromatic carbocycles. The summed E-state index contributed by atoms with van der Waals surface area (Å²) in [7, 11) is 1.62. The number of methoxy groups -OCH3 is 1. The molecule has 0 saturated carbocycles. The number of carbonyl (C=O) groups excluding carboxylic acids is 1. The number of ether oxygens (including phenoxy) is 2. The van der Waals surface area contributed by atoms with Gasteiger partial charge >= 0.3 is 5.97 Å². The number of fused-ring (bicyclic) bond motifs is 1. The van der Waals surface area contributed by atoms with E-state index < -0.39 is 6.04 Å². The molecule has 0 saturated heterocycles. The van der Waals surface area contributed by atoms with E-state index in [0.29, 0.717) is 12.4 Å². The lowest BCUT2D eigenvalue weighted by molar-refractivity contribution is -0.143. The van der Waals surface area contributed by atoms with Gasteiger partial charge in [0.15, 0.2) is 0 Å². The summed E-state index contributed by atoms with van der Waals surface area (Å²) in [6, 6.07) is 7.19. The minimum Gasteiger partial charge on any atom is -0.497 e. The zero-order chi connectivity index (χ0) is 14.5. The molecule has 1 aromatic heterocycles. The average molecular weight is 274 g/mol. The van der Waals surface area contributed by atoms with Crippen molar-refractivity contribution in [1.29, 1.82) is 0 Å². The summed E-state index contributed by atoms with van der Waals surface area (Å²) >= 11 is 0. The Morgan fingerprint density at radius 2 is 2.20 bits per heavy atom. The maximum atomic E-state index is 11.7. The van der Waals surface area contributed by atoms with Gasteiger partial charge in [-0.05, 0) is 37.4 Å². The molecule has 0 fully saturated rings. The van der Waals surface area contributed by atoms with E-state index in [4.69, 9.17) is 9.47 Å². The van der Waals surface area contributed by atoms with Crippen LogP contribution < -0.4 is 10.1 Å². The van der Waals surface area contributed by atoms with Crippen molar-refractivity contribution in [3.05, 3.63) is 30.5 Å². The zero-order valence-corrected chi connectivity index (χ0v) is 11.8. The third-order valence-corrected chi connectivity index (χ3v) is 2.97. The molecule has 0 aliphatic carbocycles. The third-order valence-electron chi connectivity index (χ3n) is 2.97. The first-order chi connectivity index (χ1) is 9.65. The molecule has 1 heterocycles. The summed E-state index contributed by atoms with van der Waals surface area (Å²) in [6.45, 7) is 3.89. The number of rotatable bonds is 5. The molecule has 1 N–H and O–H groups in total. The van der Waals surface area contributed by atoms with Gasteiger partial charge in [-0.3, -0.25) is 0 Å². The predicted molar refractivity (Wildman–Crippen MR) is 78.0 cm³/mol. The molecule has 20 heavy (non-hydrogen) atoms. The lowest BCUT2D eigenvalue weighted by Gasteiger charge is -2.15. The Morgan fingerprint density at radius 3 is 2.90 bits per heavy atom. The summed E-state index contributed by atoms with van der Waals surface area (Å²) in [5.41, 5.74) is 0. The van der Waals surface area contributed by atoms with Crippen LogP contribution in [0.25, 0.3) is 10.8 Å². The standard InChI is InChI=1S/C15H18N2O3/c1-4-20-15(18)10(2)17-14-13-9-12(19-3)6-5-11(13)7-8-16-14/h5-10H,4H2,1-3H3,(H,16,17). The number of hydrogen-bond acceptors (Lipinski definition) is 5. The van der Waals surface area contributed by atoms with E-state index in [-0.39, 0.29) is 5.97 Å². The van der Waals surface area contributed by atoms with Crippen LogP contribution in [0.2, 0.25) is 0 Å². The number of nitrogens with one attached hydrogen (secondary N) is 1. The lowest BCUT2D eigenvalue weighted by atomic mass is 10.1. The minimum atomic E-state index is -0.459. The Bertz CT molecular complexity index is 613. The maximum Gasteiger partial charge on any atom is 0.328 e. The van der Waals surface area contributed by atoms with Crippen LogP contribution in [0, 0.1) is 0 Å². The van der Waals surface area contributed by atoms with E-state index in [1.165, 1.54) is 0 Å². The molecule has 1 unspecified atom stereocenters. The Hall–Kier alpha value is -2.30. The number of nitrogens with zero attached hydrogens (tertiary/aromatic N) is 1. The summed E-state index contributed by atoms with van der Waals surface area (Å²) < 4.78 is 10.2. The van der Waals surface area contributed by atoms with Gasteiger partial charge in [0.05, 0.1) is 13.7 Å². The van der Waals surface area contributed by atoms with Crippen molar-refractivity contribution in [3.8, 4) is 5.75 Å². The van der Waals surface area contributed by atoms with E-state index in [1.807, 2.05) is 24.3 Å². The molecule has 0 aliphatic heterocycles. The van der Waals surface area contributed by atoms with Crippen molar-refractivity contribution >= 4 is 22.6 Å². The summed E-state index contributed by atoms with van der Waals surface area (Å²) in [4.78, 5) is 16.0. The molecular weight excluding hydrogens is 256 g/mol. The normalized spacial score (nSPS) is 11.9. The Morgan fingerprint density at radius 1 is 1.40 bits per heavy atom. The molecule has 0 bridgehead atoms. The molecule has 0 spiro atoms. The van der Waals surface area contributed by atoms with Crippen LogP contribution in [-0.2, 0) is 9.53 Å². The molecule has 2 aromatic rings. The number of pyridine rings is 1. The number of esters is 1. The molecule has 5 nitrogen and oxygen atoms in total. The largest absolute Gasteiger partial charge is 0.497 e. The fourth-order valence-corrected chi connectivity index (χ4v) is 1.92. The van der Waals surface area contributed by atoms with Gasteiger partial charge in [0.1, 0.15) is 17.6 Å². The van der Waals surface area contributed by atoms with Gasteiger partial charge in [-0.15, -0.1) is 0 Å². The van der Waals surface area contributed by atoms with Gasteiger partial charge in [-0.2, -0.15) is 0 Å². The van der Waals surface area contributed by atoms with Crippen LogP contribution in [0.1, 0.15) is 13.8 Å². The van der Waals surface area contributed by atoms with Crippen LogP contribution in [-0.4, -0.2) is 30.7 Å². The Kier molecular flexibility index (Phi) is 4.40. The molecule has 1 atom stereocenters. The number of anilines is 1. The van der Waals surface area contributed by atoms with Crippen molar-refractivity contribution in [2.45, 2.75) is 19.9 Å². The third kappa shape index (κ3) is 2.99. The van der Waals surface area contributed by atoms with Gasteiger partial charge in [0.2, 0.25) is 0 Å². The highest BCUT2D eigenvalue weighted by atomic mass is 16.5. The van der Waals surface area contributed by atoms with Gasteiger partial charge < -0.3 is 14.8 Å². The second kappa shape index (κ2) is 6.23. The lowest BCUT2D eigenvalue weighted by Crippen LogP contribution is -2.28. The second-order valence-corrected chi connectivity index (χ2v) is 4.36. The summed E-state index contributed by atoms with van der Waals surface area (Å²) in [6.07, 6.45) is 1.70. The van der Waals surface area contributed by atoms with E-state index in [2.05, 4.69) is 10.3 Å². The van der Waals surface area contributed by atoms with Crippen LogP contribution in [0.5, 0.6) is 5.75 Å². The fourth-order valence-electron chi connectivity index (χ4n) is 1.92. The highest BCUT2D eigenvalue weighted by Crippen LogP contribution is 2.26. The van der Waals surface area contributed by atoms with Crippen LogP contribution in [0.4, 0.5) is 5.82 Å². The molecular formula is C15H18N2O3. The van der Waals surface area contributed by atoms with Crippen molar-refractivity contribution in [3.63, 3.8) is 0 Å². The maximum absolute atomic E-state index is 11.7. The number of carbonyl (C=O) groups is 1. The summed E-state index contributed by atoms with van der Waals surface area (Å²) in [5, 5.41) is 5.01. The van der Waals surface area contributed by atoms with Crippen LogP contribution in [0.15, 0.2) is 30.5 Å². The van der Waals surface area contributed by atoms with Gasteiger partial charge in [-0.25, -0.2) is 9.78 Å². The number of benzene rings is 1. The highest BCUT2D eigenvalue weighted by molar-refractivity contribution is 5.94. The van der Waals surface area contributed by atoms with Gasteiger partial charge in [0.25, 0.3) is 0 Å². The average Bonchev–Trinajstić information content (AvgIpc) is 2.47. The first kappa shape index (κ1) is 14.1. The van der Waals surface area contributed by atoms with Crippen molar-refractivity contribution in [2.75, 3.05) is 19.0 Å². The van der Waals surface area contributed by atoms with Crippen molar-refractivity contribution in [1.82, 2.24) is 4.98 Å². The van der Waals surface area contributed by atoms with E-state index in [0.717, 1.165) is 16.5 Å². The van der Waals surface area contributed by atoms with Crippen LogP contribution >= 0.6 is 0 Å². The summed E-state index contributed by atoms with van der Waals surface area (Å²) in [5.74, 6) is 1.09. The van der Waals surface area contributed by atoms with E-state index in [9.17, 15) is 4.79 Å². The predicted octanol–water partition coefficient (Wildman–Crippen LogP) is 2.61. The smallest absolute Gasteiger partial charge is 0.328 e. The van der Waals surface area contributed by atoms with Crippen molar-refractivity contribution < 1.29 is 14.3 Å². The highest BCUT2D eigenvalue weighted by Gasteiger charge is 2.15. The SMILES string of the molecule is CCOC(=O)C(C)Nc1nccc2ccc(OC)cc12. The fraction of sp³-hybridized carbons (Fsp3) is 0.333. The molecule has 106 valence electrons. The number of aromatic nitrogens is 1. The topological polar surface area (TPSA) is 60.5 Å². The molecule has 0 amide bonds. The van der Waals surface area contributed by atoms with E-state index in [1.54, 1.807) is 27.2 Å². The second-order valence-electron chi connectivity index (χ2n) is 4.36. The van der Waals surface area contributed by atoms with Gasteiger partial charge in [-0.1, -0.05) is 6.07 Å². The van der Waals surface area contributed by atoms with Crippen molar-refractivity contribution in [2.24, 2.45) is 0 Å². The number of hydrogen-bond donors (Lipinski definition) is 1. The quantitative estimate of drug-likeness (QED) is 0.849. The van der Waals surface area contributed by atoms with E-state index >= 15 is 0 Å². The first-order valence-corrected chi connectivity index (χ1v) is 6.51. The minimum absolute atomic E-state index is 0.297. The molecule has 0 radical (unpaired) electrons. The first-order valence-electron chi connectivity index (χ1n) is 6.51. The van der Waals surface area contributed by atoms with Gasteiger partial charge in [0, 0.05) is 11.6 Å². The molecule has 5 heteroatoms. The monoisotopic (exact) mass is 274 g/mol. The molecule has 2 rings (SSSR count). The zero-order valence-electron chi connectivity index (χ0n) is 11.8.